The molecule has 7 heteroatoms. The molecule has 0 aromatic carbocycles. The molecule has 0 aliphatic rings. The first-order valence-corrected chi connectivity index (χ1v) is 4.80. The maximum absolute atomic E-state index is 12.9. The van der Waals surface area contributed by atoms with Gasteiger partial charge in [-0.05, 0) is 6.42 Å². The fourth-order valence-electron chi connectivity index (χ4n) is 1.19. The fraction of sp³-hybridized carbons (Fsp3) is 1.00. The van der Waals surface area contributed by atoms with E-state index >= 15 is 0 Å². The van der Waals surface area contributed by atoms with Gasteiger partial charge in [0.2, 0.25) is 0 Å². The molecule has 0 radical (unpaired) electrons. The molecule has 0 aromatic rings. The monoisotopic (exact) mass is 254 g/mol. The highest BCUT2D eigenvalue weighted by Gasteiger charge is 2.74. The molecule has 98 valence electrons. The fourth-order valence-corrected chi connectivity index (χ4v) is 1.19. The number of hydrogen-bond donors (Lipinski definition) is 0. The lowest BCUT2D eigenvalue weighted by Gasteiger charge is -2.32. The van der Waals surface area contributed by atoms with E-state index in [0.717, 1.165) is 0 Å². The predicted octanol–water partition coefficient (Wildman–Crippen LogP) is 4.65. The van der Waals surface area contributed by atoms with Gasteiger partial charge in [0.1, 0.15) is 0 Å². The molecule has 0 spiro atoms. The maximum Gasteiger partial charge on any atom is 0.459 e. The molecular weight excluding hydrogens is 241 g/mol. The van der Waals surface area contributed by atoms with Gasteiger partial charge >= 0.3 is 18.0 Å². The molecule has 0 N–H and O–H groups in total. The molecule has 0 rings (SSSR count). The average molecular weight is 254 g/mol. The summed E-state index contributed by atoms with van der Waals surface area (Å²) >= 11 is 0. The van der Waals surface area contributed by atoms with E-state index in [2.05, 4.69) is 0 Å². The Bertz CT molecular complexity index is 218. The van der Waals surface area contributed by atoms with Crippen molar-refractivity contribution in [3.63, 3.8) is 0 Å². The molecule has 0 heterocycles. The Balaban J connectivity index is 4.89. The van der Waals surface area contributed by atoms with Gasteiger partial charge in [-0.3, -0.25) is 0 Å². The summed E-state index contributed by atoms with van der Waals surface area (Å²) in [6, 6.07) is 0. The molecule has 0 saturated heterocycles. The second-order valence-corrected chi connectivity index (χ2v) is 3.74. The molecule has 1 unspecified atom stereocenters. The van der Waals surface area contributed by atoms with E-state index in [-0.39, 0.29) is 12.8 Å². The number of alkyl halides is 7. The van der Waals surface area contributed by atoms with Gasteiger partial charge in [0.15, 0.2) is 0 Å². The summed E-state index contributed by atoms with van der Waals surface area (Å²) < 4.78 is 86.3. The van der Waals surface area contributed by atoms with Crippen LogP contribution in [0.1, 0.15) is 33.1 Å². The Morgan fingerprint density at radius 1 is 0.938 bits per heavy atom. The van der Waals surface area contributed by atoms with E-state index in [1.165, 1.54) is 0 Å². The summed E-state index contributed by atoms with van der Waals surface area (Å²) in [5, 5.41) is 0. The van der Waals surface area contributed by atoms with E-state index in [4.69, 9.17) is 0 Å². The van der Waals surface area contributed by atoms with Gasteiger partial charge in [-0.15, -0.1) is 0 Å². The van der Waals surface area contributed by atoms with Gasteiger partial charge in [-0.25, -0.2) is 0 Å². The maximum atomic E-state index is 12.9. The van der Waals surface area contributed by atoms with Crippen LogP contribution in [0, 0.1) is 5.92 Å². The van der Waals surface area contributed by atoms with Crippen molar-refractivity contribution in [2.24, 2.45) is 5.92 Å². The first kappa shape index (κ1) is 15.5. The SMILES string of the molecule is CCCCC(C)C(F)(F)C(F)(F)C(F)(F)F. The molecule has 0 nitrogen and oxygen atoms in total. The summed E-state index contributed by atoms with van der Waals surface area (Å²) in [5.41, 5.74) is 0. The number of rotatable bonds is 5. The highest BCUT2D eigenvalue weighted by atomic mass is 19.4. The Kier molecular flexibility index (Phi) is 4.64. The molecule has 0 aliphatic heterocycles. The van der Waals surface area contributed by atoms with Crippen LogP contribution in [0.5, 0.6) is 0 Å². The van der Waals surface area contributed by atoms with Gasteiger partial charge in [-0.2, -0.15) is 30.7 Å². The quantitative estimate of drug-likeness (QED) is 0.626. The van der Waals surface area contributed by atoms with Crippen LogP contribution in [0.2, 0.25) is 0 Å². The van der Waals surface area contributed by atoms with Crippen molar-refractivity contribution in [1.29, 1.82) is 0 Å². The van der Waals surface area contributed by atoms with Crippen LogP contribution in [0.4, 0.5) is 30.7 Å². The first-order valence-electron chi connectivity index (χ1n) is 4.80. The van der Waals surface area contributed by atoms with Crippen LogP contribution >= 0.6 is 0 Å². The largest absolute Gasteiger partial charge is 0.459 e. The molecule has 0 fully saturated rings. The third-order valence-electron chi connectivity index (χ3n) is 2.38. The molecule has 0 amide bonds. The molecule has 0 saturated carbocycles. The third kappa shape index (κ3) is 2.79. The molecule has 0 bridgehead atoms. The standard InChI is InChI=1S/C9H13F7/c1-3-4-5-6(2)7(10,11)8(12,13)9(14,15)16/h6H,3-5H2,1-2H3. The summed E-state index contributed by atoms with van der Waals surface area (Å²) in [5.74, 6) is -13.1. The van der Waals surface area contributed by atoms with E-state index in [0.29, 0.717) is 13.3 Å². The van der Waals surface area contributed by atoms with Crippen molar-refractivity contribution < 1.29 is 30.7 Å². The zero-order valence-corrected chi connectivity index (χ0v) is 8.84. The third-order valence-corrected chi connectivity index (χ3v) is 2.38. The summed E-state index contributed by atoms with van der Waals surface area (Å²) in [7, 11) is 0. The summed E-state index contributed by atoms with van der Waals surface area (Å²) in [6.45, 7) is 2.34. The van der Waals surface area contributed by atoms with Crippen molar-refractivity contribution in [2.75, 3.05) is 0 Å². The van der Waals surface area contributed by atoms with Crippen molar-refractivity contribution in [2.45, 2.75) is 51.1 Å². The molecule has 0 aliphatic carbocycles. The Hall–Kier alpha value is -0.490. The Labute approximate surface area is 88.8 Å². The Morgan fingerprint density at radius 2 is 1.38 bits per heavy atom. The van der Waals surface area contributed by atoms with Crippen LogP contribution in [-0.4, -0.2) is 18.0 Å². The summed E-state index contributed by atoms with van der Waals surface area (Å²) in [6.07, 6.45) is -5.95. The highest BCUT2D eigenvalue weighted by Crippen LogP contribution is 2.50. The lowest BCUT2D eigenvalue weighted by molar-refractivity contribution is -0.365. The number of hydrogen-bond acceptors (Lipinski definition) is 0. The van der Waals surface area contributed by atoms with Gasteiger partial charge in [0.25, 0.3) is 0 Å². The second kappa shape index (κ2) is 4.79. The lowest BCUT2D eigenvalue weighted by atomic mass is 9.92. The van der Waals surface area contributed by atoms with E-state index in [1.807, 2.05) is 0 Å². The summed E-state index contributed by atoms with van der Waals surface area (Å²) in [4.78, 5) is 0. The van der Waals surface area contributed by atoms with E-state index in [1.54, 1.807) is 6.92 Å². The minimum absolute atomic E-state index is 0.185. The van der Waals surface area contributed by atoms with Crippen LogP contribution in [0.3, 0.4) is 0 Å². The second-order valence-electron chi connectivity index (χ2n) is 3.74. The predicted molar refractivity (Wildman–Crippen MR) is 44.6 cm³/mol. The van der Waals surface area contributed by atoms with Gasteiger partial charge in [0, 0.05) is 5.92 Å². The van der Waals surface area contributed by atoms with E-state index in [9.17, 15) is 30.7 Å². The highest BCUT2D eigenvalue weighted by molar-refractivity contribution is 4.94. The zero-order valence-electron chi connectivity index (χ0n) is 8.84. The lowest BCUT2D eigenvalue weighted by Crippen LogP contribution is -2.55. The molecular formula is C9H13F7. The van der Waals surface area contributed by atoms with Crippen molar-refractivity contribution in [1.82, 2.24) is 0 Å². The van der Waals surface area contributed by atoms with Crippen LogP contribution in [-0.2, 0) is 0 Å². The van der Waals surface area contributed by atoms with Crippen molar-refractivity contribution in [3.05, 3.63) is 0 Å². The van der Waals surface area contributed by atoms with Crippen LogP contribution in [0.15, 0.2) is 0 Å². The molecule has 0 aromatic heterocycles. The van der Waals surface area contributed by atoms with Gasteiger partial charge in [0.05, 0.1) is 0 Å². The minimum atomic E-state index is -6.23. The molecule has 16 heavy (non-hydrogen) atoms. The average Bonchev–Trinajstić information content (AvgIpc) is 2.11. The van der Waals surface area contributed by atoms with Gasteiger partial charge < -0.3 is 0 Å². The normalized spacial score (nSPS) is 16.3. The first-order chi connectivity index (χ1) is 6.98. The smallest absolute Gasteiger partial charge is 0.199 e. The Morgan fingerprint density at radius 3 is 1.69 bits per heavy atom. The van der Waals surface area contributed by atoms with Gasteiger partial charge in [-0.1, -0.05) is 26.7 Å². The number of unbranched alkanes of at least 4 members (excludes halogenated alkanes) is 1. The van der Waals surface area contributed by atoms with Crippen LogP contribution < -0.4 is 0 Å². The minimum Gasteiger partial charge on any atom is -0.199 e. The van der Waals surface area contributed by atoms with Crippen molar-refractivity contribution in [3.8, 4) is 0 Å². The molecule has 1 atom stereocenters. The van der Waals surface area contributed by atoms with E-state index < -0.39 is 23.9 Å². The van der Waals surface area contributed by atoms with Crippen molar-refractivity contribution >= 4 is 0 Å². The van der Waals surface area contributed by atoms with Crippen LogP contribution in [0.25, 0.3) is 0 Å². The topological polar surface area (TPSA) is 0 Å². The zero-order chi connectivity index (χ0) is 13.2. The number of halogens is 7.